The summed E-state index contributed by atoms with van der Waals surface area (Å²) in [7, 11) is 2.93. The Morgan fingerprint density at radius 1 is 1.07 bits per heavy atom. The fourth-order valence-electron chi connectivity index (χ4n) is 3.29. The number of nitrogens with zero attached hydrogens (tertiary/aromatic N) is 3. The largest absolute Gasteiger partial charge is 0.495 e. The molecule has 0 spiro atoms. The molecule has 2 N–H and O–H groups in total. The Morgan fingerprint density at radius 2 is 1.69 bits per heavy atom. The van der Waals surface area contributed by atoms with E-state index in [1.54, 1.807) is 24.4 Å². The van der Waals surface area contributed by atoms with Crippen molar-refractivity contribution in [3.8, 4) is 22.8 Å². The van der Waals surface area contributed by atoms with Crippen LogP contribution >= 0.6 is 23.2 Å². The Morgan fingerprint density at radius 3 is 2.24 bits per heavy atom. The molecule has 1 fully saturated rings. The first-order valence-corrected chi connectivity index (χ1v) is 9.29. The monoisotopic (exact) mass is 440 g/mol. The second-order valence-corrected chi connectivity index (χ2v) is 7.41. The van der Waals surface area contributed by atoms with Crippen molar-refractivity contribution in [2.24, 2.45) is 0 Å². The van der Waals surface area contributed by atoms with E-state index in [1.807, 2.05) is 0 Å². The number of nitrogens with two attached hydrogens (primary N) is 1. The van der Waals surface area contributed by atoms with Crippen LogP contribution in [0.4, 0.5) is 20.4 Å². The molecular formula is C19H16Cl2F2N4O2. The highest BCUT2D eigenvalue weighted by Crippen LogP contribution is 2.47. The van der Waals surface area contributed by atoms with Crippen LogP contribution in [0.3, 0.4) is 0 Å². The molecule has 1 aliphatic rings. The maximum absolute atomic E-state index is 13.5. The minimum atomic E-state index is -2.77. The SMILES string of the molecule is COc1cc(OC)c(Cl)c(-c2cc3cnc(N)cc3c(N3CC(F)(F)C3)n2)c1Cl. The normalized spacial score (nSPS) is 15.3. The smallest absolute Gasteiger partial charge is 0.282 e. The third-order valence-electron chi connectivity index (χ3n) is 4.69. The van der Waals surface area contributed by atoms with Gasteiger partial charge in [0.25, 0.3) is 5.92 Å². The number of pyridine rings is 2. The number of anilines is 2. The van der Waals surface area contributed by atoms with Crippen LogP contribution in [0.25, 0.3) is 22.0 Å². The van der Waals surface area contributed by atoms with Crippen molar-refractivity contribution in [3.05, 3.63) is 34.4 Å². The highest BCUT2D eigenvalue weighted by Gasteiger charge is 2.45. The zero-order valence-electron chi connectivity index (χ0n) is 15.5. The fraction of sp³-hybridized carbons (Fsp3) is 0.263. The van der Waals surface area contributed by atoms with Crippen LogP contribution in [-0.4, -0.2) is 43.2 Å². The number of hydrogen-bond acceptors (Lipinski definition) is 6. The van der Waals surface area contributed by atoms with E-state index in [9.17, 15) is 8.78 Å². The first-order valence-electron chi connectivity index (χ1n) is 8.53. The summed E-state index contributed by atoms with van der Waals surface area (Å²) < 4.78 is 37.7. The number of rotatable bonds is 4. The van der Waals surface area contributed by atoms with Crippen molar-refractivity contribution in [2.75, 3.05) is 37.9 Å². The van der Waals surface area contributed by atoms with Crippen LogP contribution in [0.1, 0.15) is 0 Å². The number of hydrogen-bond donors (Lipinski definition) is 1. The molecule has 1 aromatic carbocycles. The topological polar surface area (TPSA) is 73.5 Å². The molecule has 6 nitrogen and oxygen atoms in total. The van der Waals surface area contributed by atoms with E-state index in [2.05, 4.69) is 9.97 Å². The van der Waals surface area contributed by atoms with E-state index in [0.29, 0.717) is 39.3 Å². The first kappa shape index (κ1) is 19.7. The van der Waals surface area contributed by atoms with Crippen molar-refractivity contribution in [1.29, 1.82) is 0 Å². The number of halogens is 4. The summed E-state index contributed by atoms with van der Waals surface area (Å²) in [6.45, 7) is -0.882. The summed E-state index contributed by atoms with van der Waals surface area (Å²) in [6.07, 6.45) is 1.55. The van der Waals surface area contributed by atoms with Gasteiger partial charge in [0, 0.05) is 28.6 Å². The van der Waals surface area contributed by atoms with Gasteiger partial charge in [-0.15, -0.1) is 0 Å². The van der Waals surface area contributed by atoms with Crippen LogP contribution in [-0.2, 0) is 0 Å². The van der Waals surface area contributed by atoms with Gasteiger partial charge >= 0.3 is 0 Å². The van der Waals surface area contributed by atoms with Crippen molar-refractivity contribution in [3.63, 3.8) is 0 Å². The Balaban J connectivity index is 1.98. The molecule has 0 atom stereocenters. The first-order chi connectivity index (χ1) is 13.7. The highest BCUT2D eigenvalue weighted by molar-refractivity contribution is 6.41. The summed E-state index contributed by atoms with van der Waals surface area (Å²) in [5.74, 6) is -1.46. The summed E-state index contributed by atoms with van der Waals surface area (Å²) in [4.78, 5) is 10.2. The predicted octanol–water partition coefficient (Wildman–Crippen LogP) is 4.66. The van der Waals surface area contributed by atoms with Crippen LogP contribution in [0.2, 0.25) is 10.0 Å². The maximum Gasteiger partial charge on any atom is 0.282 e. The highest BCUT2D eigenvalue weighted by atomic mass is 35.5. The molecule has 10 heteroatoms. The van der Waals surface area contributed by atoms with E-state index >= 15 is 0 Å². The van der Waals surface area contributed by atoms with Crippen LogP contribution in [0.5, 0.6) is 11.5 Å². The zero-order valence-corrected chi connectivity index (χ0v) is 17.0. The van der Waals surface area contributed by atoms with Crippen molar-refractivity contribution >= 4 is 45.6 Å². The Labute approximate surface area is 175 Å². The molecule has 0 aliphatic carbocycles. The van der Waals surface area contributed by atoms with E-state index < -0.39 is 19.0 Å². The van der Waals surface area contributed by atoms with Gasteiger partial charge in [0.05, 0.1) is 43.0 Å². The molecule has 3 heterocycles. The molecule has 0 bridgehead atoms. The van der Waals surface area contributed by atoms with E-state index in [1.165, 1.54) is 19.1 Å². The second kappa shape index (κ2) is 7.03. The molecule has 1 aliphatic heterocycles. The van der Waals surface area contributed by atoms with Gasteiger partial charge < -0.3 is 20.1 Å². The number of aromatic nitrogens is 2. The molecule has 1 saturated heterocycles. The maximum atomic E-state index is 13.5. The molecule has 29 heavy (non-hydrogen) atoms. The molecule has 2 aromatic heterocycles. The number of ether oxygens (including phenoxy) is 2. The number of benzene rings is 1. The van der Waals surface area contributed by atoms with Gasteiger partial charge in [0.2, 0.25) is 0 Å². The minimum absolute atomic E-state index is 0.230. The number of fused-ring (bicyclic) bond motifs is 1. The number of nitrogen functional groups attached to an aromatic ring is 1. The summed E-state index contributed by atoms with van der Waals surface area (Å²) >= 11 is 13.0. The third-order valence-corrected chi connectivity index (χ3v) is 5.44. The van der Waals surface area contributed by atoms with Gasteiger partial charge in [0.15, 0.2) is 0 Å². The molecule has 0 amide bonds. The predicted molar refractivity (Wildman–Crippen MR) is 110 cm³/mol. The van der Waals surface area contributed by atoms with E-state index in [4.69, 9.17) is 38.4 Å². The number of methoxy groups -OCH3 is 2. The summed E-state index contributed by atoms with van der Waals surface area (Å²) in [6, 6.07) is 4.89. The lowest BCUT2D eigenvalue weighted by Gasteiger charge is -2.40. The second-order valence-electron chi connectivity index (χ2n) is 6.66. The van der Waals surface area contributed by atoms with Crippen LogP contribution in [0.15, 0.2) is 24.4 Å². The quantitative estimate of drug-likeness (QED) is 0.635. The molecule has 152 valence electrons. The Hall–Kier alpha value is -2.58. The molecule has 0 saturated carbocycles. The molecule has 3 aromatic rings. The van der Waals surface area contributed by atoms with Crippen LogP contribution < -0.4 is 20.1 Å². The molecule has 4 rings (SSSR count). The van der Waals surface area contributed by atoms with Crippen molar-refractivity contribution in [1.82, 2.24) is 9.97 Å². The lowest BCUT2D eigenvalue weighted by Crippen LogP contribution is -2.56. The van der Waals surface area contributed by atoms with E-state index in [-0.39, 0.29) is 15.9 Å². The third kappa shape index (κ3) is 3.36. The average molecular weight is 441 g/mol. The van der Waals surface area contributed by atoms with Crippen LogP contribution in [0, 0.1) is 0 Å². The zero-order chi connectivity index (χ0) is 20.9. The van der Waals surface area contributed by atoms with Gasteiger partial charge in [-0.25, -0.2) is 18.7 Å². The standard InChI is InChI=1S/C19H16Cl2F2N4O2/c1-28-12-5-13(29-2)17(21)15(16(12)20)11-3-9-6-25-14(24)4-10(9)18(26-11)27-7-19(22,23)8-27/h3-6H,7-8H2,1-2H3,(H2,24,25). The number of alkyl halides is 2. The fourth-order valence-corrected chi connectivity index (χ4v) is 3.98. The molecule has 0 unspecified atom stereocenters. The van der Waals surface area contributed by atoms with E-state index in [0.717, 1.165) is 0 Å². The van der Waals surface area contributed by atoms with Crippen molar-refractivity contribution in [2.45, 2.75) is 5.92 Å². The summed E-state index contributed by atoms with van der Waals surface area (Å²) in [5.41, 5.74) is 6.55. The van der Waals surface area contributed by atoms with Gasteiger partial charge in [-0.05, 0) is 12.1 Å². The summed E-state index contributed by atoms with van der Waals surface area (Å²) in [5, 5.41) is 1.73. The average Bonchev–Trinajstić information content (AvgIpc) is 2.66. The Kier molecular flexibility index (Phi) is 4.78. The van der Waals surface area contributed by atoms with Gasteiger partial charge in [0.1, 0.15) is 23.1 Å². The molecular weight excluding hydrogens is 425 g/mol. The lowest BCUT2D eigenvalue weighted by molar-refractivity contribution is -0.0265. The molecule has 0 radical (unpaired) electrons. The van der Waals surface area contributed by atoms with Gasteiger partial charge in [-0.2, -0.15) is 0 Å². The van der Waals surface area contributed by atoms with Gasteiger partial charge in [-0.3, -0.25) is 0 Å². The minimum Gasteiger partial charge on any atom is -0.495 e. The van der Waals surface area contributed by atoms with Gasteiger partial charge in [-0.1, -0.05) is 23.2 Å². The van der Waals surface area contributed by atoms with Crippen molar-refractivity contribution < 1.29 is 18.3 Å². The lowest BCUT2D eigenvalue weighted by atomic mass is 10.0. The Bertz CT molecular complexity index is 1090.